The molecule has 3 aromatic rings. The Labute approximate surface area is 120 Å². The van der Waals surface area contributed by atoms with E-state index in [2.05, 4.69) is 0 Å². The van der Waals surface area contributed by atoms with Crippen molar-refractivity contribution < 1.29 is 13.9 Å². The zero-order valence-electron chi connectivity index (χ0n) is 10.7. The normalized spacial score (nSPS) is 10.7. The summed E-state index contributed by atoms with van der Waals surface area (Å²) in [5.74, 6) is 1.27. The maximum Gasteiger partial charge on any atom is 0.150 e. The summed E-state index contributed by atoms with van der Waals surface area (Å²) >= 11 is 5.96. The molecule has 1 aromatic heterocycles. The van der Waals surface area contributed by atoms with Gasteiger partial charge in [-0.2, -0.15) is 0 Å². The molecule has 3 nitrogen and oxygen atoms in total. The zero-order valence-corrected chi connectivity index (χ0v) is 11.5. The average Bonchev–Trinajstić information content (AvgIpc) is 2.89. The fourth-order valence-electron chi connectivity index (χ4n) is 2.14. The van der Waals surface area contributed by atoms with Crippen LogP contribution in [0, 0.1) is 0 Å². The van der Waals surface area contributed by atoms with Gasteiger partial charge in [0, 0.05) is 21.5 Å². The number of carbonyl (C=O) groups is 1. The number of furan rings is 1. The highest BCUT2D eigenvalue weighted by molar-refractivity contribution is 6.31. The van der Waals surface area contributed by atoms with Crippen molar-refractivity contribution in [3.05, 3.63) is 53.1 Å². The maximum absolute atomic E-state index is 11.2. The summed E-state index contributed by atoms with van der Waals surface area (Å²) in [4.78, 5) is 11.2. The molecule has 0 amide bonds. The smallest absolute Gasteiger partial charge is 0.150 e. The van der Waals surface area contributed by atoms with E-state index in [1.807, 2.05) is 24.3 Å². The Bertz CT molecular complexity index is 790. The molecule has 4 heteroatoms. The van der Waals surface area contributed by atoms with Crippen molar-refractivity contribution in [3.63, 3.8) is 0 Å². The number of methoxy groups -OCH3 is 1. The molecule has 2 aromatic carbocycles. The van der Waals surface area contributed by atoms with E-state index in [-0.39, 0.29) is 0 Å². The number of hydrogen-bond donors (Lipinski definition) is 0. The first-order valence-electron chi connectivity index (χ1n) is 6.04. The van der Waals surface area contributed by atoms with Crippen molar-refractivity contribution in [2.45, 2.75) is 0 Å². The summed E-state index contributed by atoms with van der Waals surface area (Å²) in [6.07, 6.45) is 0.790. The second kappa shape index (κ2) is 5.02. The highest BCUT2D eigenvalue weighted by Gasteiger charge is 2.11. The molecular weight excluding hydrogens is 276 g/mol. The van der Waals surface area contributed by atoms with Crippen LogP contribution in [-0.2, 0) is 0 Å². The molecule has 0 bridgehead atoms. The maximum atomic E-state index is 11.2. The Morgan fingerprint density at radius 2 is 2.00 bits per heavy atom. The third-order valence-electron chi connectivity index (χ3n) is 3.13. The second-order valence-electron chi connectivity index (χ2n) is 4.36. The highest BCUT2D eigenvalue weighted by Crippen LogP contribution is 2.32. The number of fused-ring (bicyclic) bond motifs is 1. The van der Waals surface area contributed by atoms with Crippen molar-refractivity contribution in [2.75, 3.05) is 7.11 Å². The molecule has 0 N–H and O–H groups in total. The molecule has 0 aliphatic heterocycles. The Morgan fingerprint density at radius 3 is 2.75 bits per heavy atom. The summed E-state index contributed by atoms with van der Waals surface area (Å²) < 4.78 is 10.9. The average molecular weight is 287 g/mol. The highest BCUT2D eigenvalue weighted by atomic mass is 35.5. The van der Waals surface area contributed by atoms with Gasteiger partial charge >= 0.3 is 0 Å². The molecule has 0 fully saturated rings. The number of aldehydes is 1. The van der Waals surface area contributed by atoms with Gasteiger partial charge in [-0.15, -0.1) is 0 Å². The minimum absolute atomic E-state index is 0.523. The fraction of sp³-hybridized carbons (Fsp3) is 0.0625. The van der Waals surface area contributed by atoms with Crippen LogP contribution in [0.25, 0.3) is 22.3 Å². The van der Waals surface area contributed by atoms with Crippen LogP contribution in [0.15, 0.2) is 46.9 Å². The molecule has 0 saturated carbocycles. The van der Waals surface area contributed by atoms with Gasteiger partial charge < -0.3 is 9.15 Å². The van der Waals surface area contributed by atoms with Crippen LogP contribution in [-0.4, -0.2) is 13.4 Å². The molecule has 3 rings (SSSR count). The van der Waals surface area contributed by atoms with Gasteiger partial charge in [-0.05, 0) is 42.5 Å². The minimum Gasteiger partial charge on any atom is -0.497 e. The summed E-state index contributed by atoms with van der Waals surface area (Å²) in [6.45, 7) is 0. The van der Waals surface area contributed by atoms with Crippen LogP contribution in [0.3, 0.4) is 0 Å². The second-order valence-corrected chi connectivity index (χ2v) is 4.80. The van der Waals surface area contributed by atoms with Crippen molar-refractivity contribution in [1.29, 1.82) is 0 Å². The number of rotatable bonds is 3. The summed E-state index contributed by atoms with van der Waals surface area (Å²) in [5, 5.41) is 1.55. The molecule has 0 spiro atoms. The van der Waals surface area contributed by atoms with E-state index in [1.54, 1.807) is 25.3 Å². The topological polar surface area (TPSA) is 39.4 Å². The third kappa shape index (κ3) is 2.17. The van der Waals surface area contributed by atoms with Crippen molar-refractivity contribution in [2.24, 2.45) is 0 Å². The van der Waals surface area contributed by atoms with Crippen LogP contribution in [0.1, 0.15) is 10.4 Å². The van der Waals surface area contributed by atoms with Crippen LogP contribution in [0.2, 0.25) is 5.02 Å². The number of hydrogen-bond acceptors (Lipinski definition) is 3. The first kappa shape index (κ1) is 12.8. The summed E-state index contributed by atoms with van der Waals surface area (Å²) in [5.41, 5.74) is 1.99. The van der Waals surface area contributed by atoms with Crippen LogP contribution in [0.5, 0.6) is 5.75 Å². The predicted molar refractivity (Wildman–Crippen MR) is 78.6 cm³/mol. The molecule has 0 radical (unpaired) electrons. The van der Waals surface area contributed by atoms with Crippen molar-refractivity contribution >= 4 is 28.9 Å². The Hall–Kier alpha value is -2.26. The van der Waals surface area contributed by atoms with Crippen LogP contribution in [0.4, 0.5) is 0 Å². The molecule has 100 valence electrons. The van der Waals surface area contributed by atoms with Gasteiger partial charge in [0.05, 0.1) is 7.11 Å². The number of halogens is 1. The zero-order chi connectivity index (χ0) is 14.1. The van der Waals surface area contributed by atoms with E-state index in [4.69, 9.17) is 20.8 Å². The van der Waals surface area contributed by atoms with Crippen molar-refractivity contribution in [3.8, 4) is 17.1 Å². The van der Waals surface area contributed by atoms with Gasteiger partial charge in [0.15, 0.2) is 6.29 Å². The van der Waals surface area contributed by atoms with E-state index >= 15 is 0 Å². The molecule has 0 aliphatic rings. The molecule has 0 unspecified atom stereocenters. The molecule has 0 saturated heterocycles. The first-order chi connectivity index (χ1) is 9.71. The summed E-state index contributed by atoms with van der Waals surface area (Å²) in [7, 11) is 1.56. The quantitative estimate of drug-likeness (QED) is 0.662. The van der Waals surface area contributed by atoms with E-state index in [1.165, 1.54) is 0 Å². The molecule has 0 aliphatic carbocycles. The molecule has 0 atom stereocenters. The minimum atomic E-state index is 0.523. The van der Waals surface area contributed by atoms with Gasteiger partial charge in [-0.3, -0.25) is 4.79 Å². The molecule has 1 heterocycles. The SMILES string of the molecule is COc1ccc(-c2cc3cc(Cl)ccc3o2)c(C=O)c1. The van der Waals surface area contributed by atoms with Gasteiger partial charge in [-0.1, -0.05) is 11.6 Å². The Kier molecular flexibility index (Phi) is 3.20. The Balaban J connectivity index is 2.17. The Morgan fingerprint density at radius 1 is 1.15 bits per heavy atom. The van der Waals surface area contributed by atoms with Gasteiger partial charge in [0.2, 0.25) is 0 Å². The van der Waals surface area contributed by atoms with Gasteiger partial charge in [0.25, 0.3) is 0 Å². The third-order valence-corrected chi connectivity index (χ3v) is 3.36. The standard InChI is InChI=1S/C16H11ClO3/c1-19-13-3-4-14(11(7-13)9-18)16-8-10-6-12(17)2-5-15(10)20-16/h2-9H,1H3. The van der Waals surface area contributed by atoms with Gasteiger partial charge in [-0.25, -0.2) is 0 Å². The monoisotopic (exact) mass is 286 g/mol. The summed E-state index contributed by atoms with van der Waals surface area (Å²) in [6, 6.07) is 12.6. The first-order valence-corrected chi connectivity index (χ1v) is 6.42. The lowest BCUT2D eigenvalue weighted by molar-refractivity contribution is 0.112. The fourth-order valence-corrected chi connectivity index (χ4v) is 2.32. The molecular formula is C16H11ClO3. The van der Waals surface area contributed by atoms with E-state index in [0.717, 1.165) is 22.8 Å². The number of carbonyl (C=O) groups excluding carboxylic acids is 1. The van der Waals surface area contributed by atoms with Crippen LogP contribution >= 0.6 is 11.6 Å². The predicted octanol–water partition coefficient (Wildman–Crippen LogP) is 4.57. The lowest BCUT2D eigenvalue weighted by atomic mass is 10.1. The van der Waals surface area contributed by atoms with Gasteiger partial charge in [0.1, 0.15) is 17.1 Å². The largest absolute Gasteiger partial charge is 0.497 e. The lowest BCUT2D eigenvalue weighted by Crippen LogP contribution is -1.89. The van der Waals surface area contributed by atoms with Crippen LogP contribution < -0.4 is 4.74 Å². The van der Waals surface area contributed by atoms with E-state index < -0.39 is 0 Å². The van der Waals surface area contributed by atoms with E-state index in [9.17, 15) is 4.79 Å². The number of benzene rings is 2. The van der Waals surface area contributed by atoms with E-state index in [0.29, 0.717) is 22.1 Å². The van der Waals surface area contributed by atoms with Crippen molar-refractivity contribution in [1.82, 2.24) is 0 Å². The number of ether oxygens (including phenoxy) is 1. The molecule has 20 heavy (non-hydrogen) atoms. The lowest BCUT2D eigenvalue weighted by Gasteiger charge is -2.04.